The van der Waals surface area contributed by atoms with Crippen molar-refractivity contribution < 1.29 is 68.3 Å². The van der Waals surface area contributed by atoms with Gasteiger partial charge in [0.1, 0.15) is 11.6 Å². The van der Waals surface area contributed by atoms with Gasteiger partial charge in [-0.15, -0.1) is 26.3 Å². The van der Waals surface area contributed by atoms with Gasteiger partial charge in [-0.2, -0.15) is 0 Å². The molecule has 74 heavy (non-hydrogen) atoms. The number of aryl methyl sites for hydroxylation is 3. The number of anilines is 3. The lowest BCUT2D eigenvalue weighted by atomic mass is 9.99. The molecule has 0 unspecified atom stereocenters. The Morgan fingerprint density at radius 3 is 1.22 bits per heavy atom. The molecule has 3 aliphatic heterocycles. The average molecular weight is 1020 g/mol. The lowest BCUT2D eigenvalue weighted by Gasteiger charge is -2.10. The number of amides is 1. The largest absolute Gasteiger partial charge is 0.586 e. The van der Waals surface area contributed by atoms with Crippen molar-refractivity contribution >= 4 is 23.0 Å². The normalized spacial score (nSPS) is 14.5. The summed E-state index contributed by atoms with van der Waals surface area (Å²) in [7, 11) is 0. The van der Waals surface area contributed by atoms with Gasteiger partial charge >= 0.3 is 18.9 Å². The SMILES string of the molecule is Cc1cc2c(cc1-c1ccc(N)cc1)OC(F)(F)O2.Cc1cc2c(cc1-c1ccc(NC(=O)c3ccccc3F)cc1)OC(F)(F)O2.Cc1cc2c(cc1-c1ccc(NCc3ccccc3F)cc1)OC(F)(F)O2. The van der Waals surface area contributed by atoms with E-state index in [1.165, 1.54) is 42.5 Å². The molecule has 8 aromatic rings. The zero-order valence-corrected chi connectivity index (χ0v) is 39.2. The third-order valence-corrected chi connectivity index (χ3v) is 11.7. The summed E-state index contributed by atoms with van der Waals surface area (Å²) in [5.41, 5.74) is 15.2. The molecular formula is C56H41F8N3O7. The fourth-order valence-corrected chi connectivity index (χ4v) is 8.07. The average Bonchev–Trinajstić information content (AvgIpc) is 3.96. The van der Waals surface area contributed by atoms with Crippen molar-refractivity contribution in [3.63, 3.8) is 0 Å². The first-order valence-corrected chi connectivity index (χ1v) is 22.5. The Morgan fingerprint density at radius 1 is 0.459 bits per heavy atom. The molecule has 0 saturated heterocycles. The lowest BCUT2D eigenvalue weighted by Crippen LogP contribution is -2.25. The second-order valence-electron chi connectivity index (χ2n) is 17.0. The summed E-state index contributed by atoms with van der Waals surface area (Å²) >= 11 is 0. The zero-order chi connectivity index (χ0) is 52.5. The Bertz CT molecular complexity index is 3390. The van der Waals surface area contributed by atoms with Gasteiger partial charge < -0.3 is 44.8 Å². The molecular weight excluding hydrogens is 979 g/mol. The molecule has 378 valence electrons. The summed E-state index contributed by atoms with van der Waals surface area (Å²) in [5, 5.41) is 5.79. The van der Waals surface area contributed by atoms with Crippen molar-refractivity contribution in [2.24, 2.45) is 0 Å². The summed E-state index contributed by atoms with van der Waals surface area (Å²) < 4.78 is 133. The highest BCUT2D eigenvalue weighted by molar-refractivity contribution is 6.04. The first-order valence-electron chi connectivity index (χ1n) is 22.5. The van der Waals surface area contributed by atoms with Crippen LogP contribution in [0.25, 0.3) is 33.4 Å². The topological polar surface area (TPSA) is 123 Å². The van der Waals surface area contributed by atoms with Crippen molar-refractivity contribution in [3.8, 4) is 67.9 Å². The highest BCUT2D eigenvalue weighted by Gasteiger charge is 2.45. The van der Waals surface area contributed by atoms with Crippen LogP contribution >= 0.6 is 0 Å². The first kappa shape index (κ1) is 50.0. The van der Waals surface area contributed by atoms with E-state index in [-0.39, 0.29) is 45.9 Å². The maximum absolute atomic E-state index is 13.7. The third-order valence-electron chi connectivity index (χ3n) is 11.7. The quantitative estimate of drug-likeness (QED) is 0.101. The number of nitrogens with one attached hydrogen (secondary N) is 2. The summed E-state index contributed by atoms with van der Waals surface area (Å²) in [6.07, 6.45) is -10.9. The maximum atomic E-state index is 13.7. The van der Waals surface area contributed by atoms with Crippen LogP contribution in [-0.4, -0.2) is 24.8 Å². The number of nitrogen functional groups attached to an aromatic ring is 1. The van der Waals surface area contributed by atoms with E-state index in [1.807, 2.05) is 50.2 Å². The van der Waals surface area contributed by atoms with Crippen LogP contribution in [0.3, 0.4) is 0 Å². The van der Waals surface area contributed by atoms with Crippen molar-refractivity contribution in [2.45, 2.75) is 46.2 Å². The standard InChI is InChI=1S/C21H14F3NO3.C21H16F3NO2.C14H11F2NO2/c1-12-10-18-19(28-21(23,24)27-18)11-16(12)13-6-8-14(9-7-13)25-20(26)15-4-2-3-5-17(15)22;1-13-10-19-20(27-21(23,24)26-19)11-17(13)14-6-8-16(9-7-14)25-12-15-4-2-3-5-18(15)22;1-8-6-12-13(19-14(15,16)18-12)7-11(8)9-2-4-10(17)5-3-9/h2-11H,1H3,(H,25,26);2-11,25H,12H2,1H3;2-7H,17H2,1H3. The second-order valence-corrected chi connectivity index (χ2v) is 17.0. The van der Waals surface area contributed by atoms with Crippen LogP contribution in [0.15, 0.2) is 158 Å². The monoisotopic (exact) mass is 1020 g/mol. The Labute approximate surface area is 417 Å². The van der Waals surface area contributed by atoms with Crippen LogP contribution in [0.1, 0.15) is 32.6 Å². The van der Waals surface area contributed by atoms with Crippen LogP contribution < -0.4 is 44.8 Å². The van der Waals surface area contributed by atoms with Gasteiger partial charge in [0.25, 0.3) is 5.91 Å². The van der Waals surface area contributed by atoms with Crippen molar-refractivity contribution in [1.82, 2.24) is 0 Å². The maximum Gasteiger partial charge on any atom is 0.586 e. The first-order chi connectivity index (χ1) is 35.2. The molecule has 0 saturated carbocycles. The van der Waals surface area contributed by atoms with Gasteiger partial charge in [-0.05, 0) is 162 Å². The molecule has 18 heteroatoms. The Morgan fingerprint density at radius 2 is 0.811 bits per heavy atom. The number of ether oxygens (including phenoxy) is 6. The molecule has 0 aromatic heterocycles. The van der Waals surface area contributed by atoms with Gasteiger partial charge in [0.2, 0.25) is 0 Å². The van der Waals surface area contributed by atoms with Crippen LogP contribution in [0, 0.1) is 32.4 Å². The Kier molecular flexibility index (Phi) is 13.5. The number of carbonyl (C=O) groups is 1. The fraction of sp³-hybridized carbons (Fsp3) is 0.125. The van der Waals surface area contributed by atoms with Crippen LogP contribution in [0.2, 0.25) is 0 Å². The third kappa shape index (κ3) is 11.4. The minimum Gasteiger partial charge on any atom is -0.399 e. The molecule has 0 radical (unpaired) electrons. The fourth-order valence-electron chi connectivity index (χ4n) is 8.07. The minimum absolute atomic E-state index is 0.0139. The smallest absolute Gasteiger partial charge is 0.399 e. The molecule has 0 aliphatic carbocycles. The second kappa shape index (κ2) is 19.9. The van der Waals surface area contributed by atoms with Crippen LogP contribution in [-0.2, 0) is 6.54 Å². The molecule has 11 rings (SSSR count). The van der Waals surface area contributed by atoms with Crippen molar-refractivity contribution in [2.75, 3.05) is 16.4 Å². The molecule has 0 bridgehead atoms. The molecule has 0 spiro atoms. The van der Waals surface area contributed by atoms with Crippen molar-refractivity contribution in [1.29, 1.82) is 0 Å². The number of hydrogen-bond donors (Lipinski definition) is 3. The highest BCUT2D eigenvalue weighted by Crippen LogP contribution is 2.47. The van der Waals surface area contributed by atoms with E-state index in [1.54, 1.807) is 85.8 Å². The summed E-state index contributed by atoms with van der Waals surface area (Å²) in [4.78, 5) is 12.2. The van der Waals surface area contributed by atoms with E-state index < -0.39 is 30.6 Å². The zero-order valence-electron chi connectivity index (χ0n) is 39.2. The Balaban J connectivity index is 0.000000139. The molecule has 3 aliphatic rings. The number of hydrogen-bond acceptors (Lipinski definition) is 9. The van der Waals surface area contributed by atoms with Gasteiger partial charge in [-0.1, -0.05) is 66.7 Å². The van der Waals surface area contributed by atoms with E-state index in [2.05, 4.69) is 39.1 Å². The summed E-state index contributed by atoms with van der Waals surface area (Å²) in [5.74, 6) is -1.33. The number of rotatable bonds is 8. The number of halogens is 8. The summed E-state index contributed by atoms with van der Waals surface area (Å²) in [6, 6.07) is 42.8. The van der Waals surface area contributed by atoms with Gasteiger partial charge in [-0.25, -0.2) is 8.78 Å². The predicted octanol–water partition coefficient (Wildman–Crippen LogP) is 14.7. The molecule has 3 heterocycles. The Hall–Kier alpha value is -8.93. The number of benzene rings is 8. The van der Waals surface area contributed by atoms with Crippen molar-refractivity contribution in [3.05, 3.63) is 197 Å². The van der Waals surface area contributed by atoms with Gasteiger partial charge in [0.15, 0.2) is 34.5 Å². The number of fused-ring (bicyclic) bond motifs is 3. The molecule has 8 aromatic carbocycles. The molecule has 4 N–H and O–H groups in total. The van der Waals surface area contributed by atoms with E-state index >= 15 is 0 Å². The van der Waals surface area contributed by atoms with Crippen LogP contribution in [0.5, 0.6) is 34.5 Å². The molecule has 10 nitrogen and oxygen atoms in total. The minimum atomic E-state index is -3.67. The molecule has 1 amide bonds. The van der Waals surface area contributed by atoms with Gasteiger partial charge in [0, 0.05) is 29.2 Å². The van der Waals surface area contributed by atoms with E-state index in [0.717, 1.165) is 50.2 Å². The van der Waals surface area contributed by atoms with Gasteiger partial charge in [-0.3, -0.25) is 4.79 Å². The highest BCUT2D eigenvalue weighted by atomic mass is 19.3. The van der Waals surface area contributed by atoms with Gasteiger partial charge in [0.05, 0.1) is 5.56 Å². The number of nitrogens with two attached hydrogens (primary N) is 1. The molecule has 0 fully saturated rings. The number of alkyl halides is 6. The molecule has 0 atom stereocenters. The lowest BCUT2D eigenvalue weighted by molar-refractivity contribution is -0.287. The van der Waals surface area contributed by atoms with Crippen LogP contribution in [0.4, 0.5) is 52.2 Å². The van der Waals surface area contributed by atoms with E-state index in [9.17, 15) is 39.9 Å². The number of carbonyl (C=O) groups excluding carboxylic acids is 1. The van der Waals surface area contributed by atoms with E-state index in [0.29, 0.717) is 29.0 Å². The van der Waals surface area contributed by atoms with E-state index in [4.69, 9.17) is 5.73 Å². The predicted molar refractivity (Wildman–Crippen MR) is 261 cm³/mol. The summed E-state index contributed by atoms with van der Waals surface area (Å²) in [6.45, 7) is 5.78.